The van der Waals surface area contributed by atoms with Gasteiger partial charge >= 0.3 is 0 Å². The molecule has 0 unspecified atom stereocenters. The normalized spacial score (nSPS) is 14.5. The molecule has 2 aromatic carbocycles. The van der Waals surface area contributed by atoms with Crippen molar-refractivity contribution in [1.82, 2.24) is 14.9 Å². The number of hydrogen-bond acceptors (Lipinski definition) is 4. The van der Waals surface area contributed by atoms with Crippen LogP contribution < -0.4 is 4.90 Å². The van der Waals surface area contributed by atoms with Gasteiger partial charge in [-0.05, 0) is 29.7 Å². The summed E-state index contributed by atoms with van der Waals surface area (Å²) in [6, 6.07) is 16.0. The fraction of sp³-hybridized carbons (Fsp3) is 0.375. The number of carbonyl (C=O) groups is 1. The predicted octanol–water partition coefficient (Wildman–Crippen LogP) is 4.57. The number of rotatable bonds is 5. The number of fused-ring (bicyclic) bond motifs is 1. The summed E-state index contributed by atoms with van der Waals surface area (Å²) in [6.07, 6.45) is 1.28. The van der Waals surface area contributed by atoms with E-state index in [2.05, 4.69) is 30.9 Å². The van der Waals surface area contributed by atoms with Gasteiger partial charge in [-0.25, -0.2) is 9.97 Å². The summed E-state index contributed by atoms with van der Waals surface area (Å²) in [7, 11) is 0. The first-order valence-corrected chi connectivity index (χ1v) is 10.9. The summed E-state index contributed by atoms with van der Waals surface area (Å²) >= 11 is 6.25. The number of anilines is 1. The third kappa shape index (κ3) is 4.73. The van der Waals surface area contributed by atoms with E-state index in [-0.39, 0.29) is 5.91 Å². The minimum absolute atomic E-state index is 0.244. The summed E-state index contributed by atoms with van der Waals surface area (Å²) in [5.41, 5.74) is 2.03. The first-order chi connectivity index (χ1) is 14.5. The summed E-state index contributed by atoms with van der Waals surface area (Å²) in [6.45, 7) is 7.14. The van der Waals surface area contributed by atoms with E-state index in [4.69, 9.17) is 21.6 Å². The zero-order chi connectivity index (χ0) is 21.1. The maximum atomic E-state index is 12.4. The van der Waals surface area contributed by atoms with E-state index in [9.17, 15) is 4.79 Å². The van der Waals surface area contributed by atoms with Gasteiger partial charge in [0.05, 0.1) is 5.52 Å². The molecule has 0 N–H and O–H groups in total. The van der Waals surface area contributed by atoms with Gasteiger partial charge in [-0.3, -0.25) is 4.79 Å². The molecular weight excluding hydrogens is 396 g/mol. The quantitative estimate of drug-likeness (QED) is 0.604. The van der Waals surface area contributed by atoms with E-state index >= 15 is 0 Å². The Bertz CT molecular complexity index is 1030. The molecule has 0 radical (unpaired) electrons. The molecule has 156 valence electrons. The fourth-order valence-corrected chi connectivity index (χ4v) is 4.04. The number of amides is 1. The Labute approximate surface area is 182 Å². The molecule has 3 aromatic rings. The van der Waals surface area contributed by atoms with Crippen LogP contribution in [-0.4, -0.2) is 47.0 Å². The van der Waals surface area contributed by atoms with Gasteiger partial charge in [0.2, 0.25) is 5.91 Å². The lowest BCUT2D eigenvalue weighted by Gasteiger charge is -2.36. The molecule has 1 saturated heterocycles. The van der Waals surface area contributed by atoms with Crippen LogP contribution in [0.15, 0.2) is 48.5 Å². The molecular formula is C24H27ClN4O. The molecule has 0 atom stereocenters. The highest BCUT2D eigenvalue weighted by Gasteiger charge is 2.24. The minimum Gasteiger partial charge on any atom is -0.352 e. The smallest absolute Gasteiger partial charge is 0.222 e. The molecule has 1 aromatic heterocycles. The van der Waals surface area contributed by atoms with E-state index in [0.29, 0.717) is 23.8 Å². The van der Waals surface area contributed by atoms with Crippen LogP contribution in [-0.2, 0) is 11.2 Å². The zero-order valence-electron chi connectivity index (χ0n) is 17.5. The third-order valence-electron chi connectivity index (χ3n) is 5.40. The van der Waals surface area contributed by atoms with Crippen molar-refractivity contribution in [3.63, 3.8) is 0 Å². The maximum Gasteiger partial charge on any atom is 0.222 e. The van der Waals surface area contributed by atoms with E-state index in [1.54, 1.807) is 0 Å². The van der Waals surface area contributed by atoms with Crippen molar-refractivity contribution < 1.29 is 4.79 Å². The number of carbonyl (C=O) groups excluding carboxylic acids is 1. The Morgan fingerprint density at radius 2 is 1.77 bits per heavy atom. The highest BCUT2D eigenvalue weighted by atomic mass is 35.5. The predicted molar refractivity (Wildman–Crippen MR) is 122 cm³/mol. The maximum absolute atomic E-state index is 12.4. The summed E-state index contributed by atoms with van der Waals surface area (Å²) in [4.78, 5) is 26.4. The topological polar surface area (TPSA) is 49.3 Å². The number of halogens is 1. The molecule has 4 rings (SSSR count). The average Bonchev–Trinajstić information content (AvgIpc) is 2.73. The molecule has 30 heavy (non-hydrogen) atoms. The van der Waals surface area contributed by atoms with Crippen molar-refractivity contribution >= 4 is 34.2 Å². The Kier molecular flexibility index (Phi) is 6.18. The van der Waals surface area contributed by atoms with Crippen molar-refractivity contribution in [2.45, 2.75) is 26.7 Å². The van der Waals surface area contributed by atoms with Gasteiger partial charge in [-0.15, -0.1) is 0 Å². The van der Waals surface area contributed by atoms with Crippen molar-refractivity contribution in [2.75, 3.05) is 31.1 Å². The number of aromatic nitrogens is 2. The van der Waals surface area contributed by atoms with Gasteiger partial charge in [0.15, 0.2) is 0 Å². The number of piperazine rings is 1. The van der Waals surface area contributed by atoms with Crippen molar-refractivity contribution in [2.24, 2.45) is 5.92 Å². The standard InChI is InChI=1S/C24H27ClN4O/c1-17(2)14-23(30)28-10-12-29(13-11-28)24-20-9-8-19(25)16-21(20)26-22(27-24)15-18-6-4-3-5-7-18/h3-9,16-17H,10-15H2,1-2H3. The van der Waals surface area contributed by atoms with E-state index < -0.39 is 0 Å². The van der Waals surface area contributed by atoms with Gasteiger partial charge in [0.1, 0.15) is 11.6 Å². The number of hydrogen-bond donors (Lipinski definition) is 0. The Hall–Kier alpha value is -2.66. The second kappa shape index (κ2) is 9.00. The van der Waals surface area contributed by atoms with E-state index in [0.717, 1.165) is 48.7 Å². The lowest BCUT2D eigenvalue weighted by Crippen LogP contribution is -2.49. The van der Waals surface area contributed by atoms with Crippen molar-refractivity contribution in [3.05, 3.63) is 64.9 Å². The largest absolute Gasteiger partial charge is 0.352 e. The fourth-order valence-electron chi connectivity index (χ4n) is 3.88. The number of benzene rings is 2. The van der Waals surface area contributed by atoms with Crippen LogP contribution in [0.3, 0.4) is 0 Å². The summed E-state index contributed by atoms with van der Waals surface area (Å²) < 4.78 is 0. The highest BCUT2D eigenvalue weighted by molar-refractivity contribution is 6.31. The van der Waals surface area contributed by atoms with Gasteiger partial charge in [-0.1, -0.05) is 55.8 Å². The van der Waals surface area contributed by atoms with Gasteiger partial charge in [0, 0.05) is 49.4 Å². The molecule has 1 fully saturated rings. The first kappa shape index (κ1) is 20.6. The molecule has 2 heterocycles. The van der Waals surface area contributed by atoms with Crippen molar-refractivity contribution in [3.8, 4) is 0 Å². The average molecular weight is 423 g/mol. The second-order valence-electron chi connectivity index (χ2n) is 8.25. The van der Waals surface area contributed by atoms with Crippen LogP contribution in [0, 0.1) is 5.92 Å². The van der Waals surface area contributed by atoms with Gasteiger partial charge in [-0.2, -0.15) is 0 Å². The first-order valence-electron chi connectivity index (χ1n) is 10.5. The molecule has 1 aliphatic heterocycles. The molecule has 0 bridgehead atoms. The van der Waals surface area contributed by atoms with Crippen LogP contribution in [0.2, 0.25) is 5.02 Å². The Morgan fingerprint density at radius 3 is 2.47 bits per heavy atom. The molecule has 0 saturated carbocycles. The molecule has 5 nitrogen and oxygen atoms in total. The Morgan fingerprint density at radius 1 is 1.03 bits per heavy atom. The third-order valence-corrected chi connectivity index (χ3v) is 5.64. The van der Waals surface area contributed by atoms with Crippen LogP contribution in [0.5, 0.6) is 0 Å². The highest BCUT2D eigenvalue weighted by Crippen LogP contribution is 2.28. The SMILES string of the molecule is CC(C)CC(=O)N1CCN(c2nc(Cc3ccccc3)nc3cc(Cl)ccc23)CC1. The summed E-state index contributed by atoms with van der Waals surface area (Å²) in [5, 5.41) is 1.67. The summed E-state index contributed by atoms with van der Waals surface area (Å²) in [5.74, 6) is 2.34. The molecule has 6 heteroatoms. The Balaban J connectivity index is 1.60. The van der Waals surface area contributed by atoms with Crippen LogP contribution in [0.4, 0.5) is 5.82 Å². The lowest BCUT2D eigenvalue weighted by atomic mass is 10.1. The minimum atomic E-state index is 0.244. The molecule has 1 aliphatic rings. The van der Waals surface area contributed by atoms with E-state index in [1.165, 1.54) is 5.56 Å². The molecule has 0 aliphatic carbocycles. The lowest BCUT2D eigenvalue weighted by molar-refractivity contribution is -0.132. The zero-order valence-corrected chi connectivity index (χ0v) is 18.3. The van der Waals surface area contributed by atoms with Crippen LogP contribution >= 0.6 is 11.6 Å². The van der Waals surface area contributed by atoms with Crippen molar-refractivity contribution in [1.29, 1.82) is 0 Å². The van der Waals surface area contributed by atoms with Crippen LogP contribution in [0.25, 0.3) is 10.9 Å². The second-order valence-corrected chi connectivity index (χ2v) is 8.69. The molecule has 0 spiro atoms. The molecule has 1 amide bonds. The monoisotopic (exact) mass is 422 g/mol. The number of nitrogens with zero attached hydrogens (tertiary/aromatic N) is 4. The van der Waals surface area contributed by atoms with E-state index in [1.807, 2.05) is 41.3 Å². The van der Waals surface area contributed by atoms with Crippen LogP contribution in [0.1, 0.15) is 31.7 Å². The van der Waals surface area contributed by atoms with Gasteiger partial charge < -0.3 is 9.80 Å². The van der Waals surface area contributed by atoms with Gasteiger partial charge in [0.25, 0.3) is 0 Å².